The minimum Gasteiger partial charge on any atom is -0.468 e. The summed E-state index contributed by atoms with van der Waals surface area (Å²) in [6, 6.07) is 21.4. The molecule has 0 radical (unpaired) electrons. The maximum absolute atomic E-state index is 11.3. The number of nitrogens with zero attached hydrogens (tertiary/aromatic N) is 4. The average molecular weight is 360 g/mol. The van der Waals surface area contributed by atoms with Crippen LogP contribution in [0.4, 0.5) is 0 Å². The highest BCUT2D eigenvalue weighted by molar-refractivity contribution is 5.88. The Morgan fingerprint density at radius 3 is 2.74 bits per heavy atom. The van der Waals surface area contributed by atoms with Crippen molar-refractivity contribution in [2.45, 2.75) is 6.54 Å². The van der Waals surface area contributed by atoms with Crippen molar-refractivity contribution in [2.75, 3.05) is 7.11 Å². The Bertz CT molecular complexity index is 1100. The fourth-order valence-electron chi connectivity index (χ4n) is 2.72. The van der Waals surface area contributed by atoms with E-state index in [1.165, 1.54) is 11.9 Å². The summed E-state index contributed by atoms with van der Waals surface area (Å²) in [6.07, 6.45) is 0. The van der Waals surface area contributed by atoms with E-state index in [0.717, 1.165) is 22.1 Å². The Morgan fingerprint density at radius 1 is 1.04 bits per heavy atom. The van der Waals surface area contributed by atoms with Gasteiger partial charge in [0.05, 0.1) is 7.11 Å². The molecule has 1 heterocycles. The average Bonchev–Trinajstić information content (AvgIpc) is 3.17. The van der Waals surface area contributed by atoms with Gasteiger partial charge in [-0.25, -0.2) is 4.79 Å². The number of hydrogen-bond donors (Lipinski definition) is 0. The van der Waals surface area contributed by atoms with Gasteiger partial charge < -0.3 is 9.47 Å². The number of ether oxygens (including phenoxy) is 2. The maximum atomic E-state index is 11.3. The number of carbonyl (C=O) groups is 1. The van der Waals surface area contributed by atoms with Gasteiger partial charge in [0.1, 0.15) is 11.5 Å². The number of rotatable bonds is 5. The van der Waals surface area contributed by atoms with Crippen LogP contribution < -0.4 is 4.74 Å². The molecular formula is C20H16N4O3. The molecule has 0 fully saturated rings. The minimum absolute atomic E-state index is 0.0876. The van der Waals surface area contributed by atoms with Crippen LogP contribution in [0.15, 0.2) is 66.7 Å². The van der Waals surface area contributed by atoms with Crippen LogP contribution in [0, 0.1) is 0 Å². The van der Waals surface area contributed by atoms with Crippen molar-refractivity contribution in [1.82, 2.24) is 20.2 Å². The van der Waals surface area contributed by atoms with Gasteiger partial charge in [0.25, 0.3) is 0 Å². The molecule has 0 aliphatic carbocycles. The lowest BCUT2D eigenvalue weighted by atomic mass is 10.1. The quantitative estimate of drug-likeness (QED) is 0.507. The third-order valence-corrected chi connectivity index (χ3v) is 4.02. The first-order chi connectivity index (χ1) is 13.2. The minimum atomic E-state index is -0.438. The van der Waals surface area contributed by atoms with Gasteiger partial charge in [0, 0.05) is 10.9 Å². The zero-order valence-corrected chi connectivity index (χ0v) is 14.6. The summed E-state index contributed by atoms with van der Waals surface area (Å²) in [5, 5.41) is 14.2. The molecule has 7 nitrogen and oxygen atoms in total. The molecule has 4 rings (SSSR count). The summed E-state index contributed by atoms with van der Waals surface area (Å²) in [6.45, 7) is -0.0876. The summed E-state index contributed by atoms with van der Waals surface area (Å²) < 4.78 is 10.7. The molecule has 0 aliphatic rings. The number of methoxy groups -OCH3 is 1. The topological polar surface area (TPSA) is 79.1 Å². The van der Waals surface area contributed by atoms with Crippen LogP contribution in [0.25, 0.3) is 22.2 Å². The van der Waals surface area contributed by atoms with E-state index in [2.05, 4.69) is 20.1 Å². The third kappa shape index (κ3) is 3.62. The Labute approximate surface area is 155 Å². The Morgan fingerprint density at radius 2 is 1.85 bits per heavy atom. The zero-order chi connectivity index (χ0) is 18.6. The monoisotopic (exact) mass is 360 g/mol. The highest BCUT2D eigenvalue weighted by Gasteiger charge is 2.11. The molecule has 7 heteroatoms. The largest absolute Gasteiger partial charge is 0.468 e. The first-order valence-electron chi connectivity index (χ1n) is 8.33. The number of benzene rings is 3. The molecule has 4 aromatic rings. The molecular weight excluding hydrogens is 344 g/mol. The van der Waals surface area contributed by atoms with E-state index < -0.39 is 5.97 Å². The second-order valence-corrected chi connectivity index (χ2v) is 5.83. The van der Waals surface area contributed by atoms with Crippen LogP contribution >= 0.6 is 0 Å². The van der Waals surface area contributed by atoms with E-state index in [1.807, 2.05) is 66.7 Å². The molecule has 0 unspecified atom stereocenters. The van der Waals surface area contributed by atoms with Gasteiger partial charge in [0.15, 0.2) is 6.54 Å². The van der Waals surface area contributed by atoms with Crippen molar-refractivity contribution < 1.29 is 14.3 Å². The van der Waals surface area contributed by atoms with Crippen LogP contribution in [-0.2, 0) is 16.1 Å². The molecule has 0 N–H and O–H groups in total. The number of carbonyl (C=O) groups excluding carboxylic acids is 1. The number of aromatic nitrogens is 4. The van der Waals surface area contributed by atoms with Crippen molar-refractivity contribution >= 4 is 16.7 Å². The smallest absolute Gasteiger partial charge is 0.329 e. The van der Waals surface area contributed by atoms with Gasteiger partial charge >= 0.3 is 5.97 Å². The Hall–Kier alpha value is -3.74. The molecule has 27 heavy (non-hydrogen) atoms. The van der Waals surface area contributed by atoms with Crippen molar-refractivity contribution in [3.63, 3.8) is 0 Å². The van der Waals surface area contributed by atoms with Crippen LogP contribution in [0.5, 0.6) is 11.5 Å². The van der Waals surface area contributed by atoms with E-state index in [-0.39, 0.29) is 6.54 Å². The first-order valence-corrected chi connectivity index (χ1v) is 8.33. The van der Waals surface area contributed by atoms with Crippen molar-refractivity contribution in [1.29, 1.82) is 0 Å². The molecule has 0 bridgehead atoms. The number of hydrogen-bond acceptors (Lipinski definition) is 6. The molecule has 0 saturated carbocycles. The Kier molecular flexibility index (Phi) is 4.49. The van der Waals surface area contributed by atoms with E-state index in [0.29, 0.717) is 11.6 Å². The lowest BCUT2D eigenvalue weighted by Gasteiger charge is -2.09. The van der Waals surface area contributed by atoms with Crippen LogP contribution in [0.3, 0.4) is 0 Å². The molecule has 3 aromatic carbocycles. The van der Waals surface area contributed by atoms with E-state index >= 15 is 0 Å². The summed E-state index contributed by atoms with van der Waals surface area (Å²) in [7, 11) is 1.31. The van der Waals surface area contributed by atoms with Gasteiger partial charge in [-0.3, -0.25) is 0 Å². The van der Waals surface area contributed by atoms with E-state index in [9.17, 15) is 4.79 Å². The molecule has 0 aliphatic heterocycles. The summed E-state index contributed by atoms with van der Waals surface area (Å²) >= 11 is 0. The van der Waals surface area contributed by atoms with Crippen molar-refractivity contribution in [3.8, 4) is 22.9 Å². The van der Waals surface area contributed by atoms with Crippen LogP contribution in [0.1, 0.15) is 0 Å². The van der Waals surface area contributed by atoms with Gasteiger partial charge in [-0.1, -0.05) is 48.5 Å². The van der Waals surface area contributed by atoms with E-state index in [4.69, 9.17) is 4.74 Å². The molecule has 1 aromatic heterocycles. The van der Waals surface area contributed by atoms with Crippen molar-refractivity contribution in [2.24, 2.45) is 0 Å². The molecule has 134 valence electrons. The van der Waals surface area contributed by atoms with Gasteiger partial charge in [-0.05, 0) is 28.8 Å². The first kappa shape index (κ1) is 16.7. The summed E-state index contributed by atoms with van der Waals surface area (Å²) in [5.74, 6) is 1.40. The number of fused-ring (bicyclic) bond motifs is 1. The highest BCUT2D eigenvalue weighted by atomic mass is 16.5. The second-order valence-electron chi connectivity index (χ2n) is 5.83. The molecule has 0 saturated heterocycles. The molecule has 0 amide bonds. The second kappa shape index (κ2) is 7.25. The van der Waals surface area contributed by atoms with Gasteiger partial charge in [-0.15, -0.1) is 10.2 Å². The normalized spacial score (nSPS) is 10.7. The Balaban J connectivity index is 1.60. The summed E-state index contributed by atoms with van der Waals surface area (Å²) in [5.41, 5.74) is 0.740. The number of esters is 1. The van der Waals surface area contributed by atoms with E-state index in [1.54, 1.807) is 0 Å². The lowest BCUT2D eigenvalue weighted by molar-refractivity contribution is -0.141. The fraction of sp³-hybridized carbons (Fsp3) is 0.100. The maximum Gasteiger partial charge on any atom is 0.329 e. The number of tetrazole rings is 1. The SMILES string of the molecule is COC(=O)Cn1nnc(-c2cccc(Oc3cccc4ccccc34)c2)n1. The zero-order valence-electron chi connectivity index (χ0n) is 14.6. The summed E-state index contributed by atoms with van der Waals surface area (Å²) in [4.78, 5) is 12.5. The predicted octanol–water partition coefficient (Wildman–Crippen LogP) is 3.46. The fourth-order valence-corrected chi connectivity index (χ4v) is 2.72. The van der Waals surface area contributed by atoms with Crippen molar-refractivity contribution in [3.05, 3.63) is 66.7 Å². The lowest BCUT2D eigenvalue weighted by Crippen LogP contribution is -2.14. The molecule has 0 atom stereocenters. The molecule has 0 spiro atoms. The highest BCUT2D eigenvalue weighted by Crippen LogP contribution is 2.31. The van der Waals surface area contributed by atoms with Gasteiger partial charge in [-0.2, -0.15) is 4.80 Å². The van der Waals surface area contributed by atoms with Crippen LogP contribution in [0.2, 0.25) is 0 Å². The standard InChI is InChI=1S/C20H16N4O3/c1-26-19(25)13-24-22-20(21-23-24)15-8-4-9-16(12-15)27-18-11-5-7-14-6-2-3-10-17(14)18/h2-12H,13H2,1H3. The van der Waals surface area contributed by atoms with Crippen LogP contribution in [-0.4, -0.2) is 33.3 Å². The van der Waals surface area contributed by atoms with Gasteiger partial charge in [0.2, 0.25) is 5.82 Å². The predicted molar refractivity (Wildman–Crippen MR) is 99.3 cm³/mol. The third-order valence-electron chi connectivity index (χ3n) is 4.02.